The van der Waals surface area contributed by atoms with Gasteiger partial charge in [-0.3, -0.25) is 0 Å². The van der Waals surface area contributed by atoms with Crippen LogP contribution in [-0.4, -0.2) is 0 Å². The van der Waals surface area contributed by atoms with Gasteiger partial charge < -0.3 is 9.32 Å². The fraction of sp³-hybridized carbons (Fsp3) is 0. The van der Waals surface area contributed by atoms with E-state index in [0.29, 0.717) is 0 Å². The Morgan fingerprint density at radius 2 is 0.818 bits per heavy atom. The summed E-state index contributed by atoms with van der Waals surface area (Å²) in [6, 6.07) is 90.3. The van der Waals surface area contributed by atoms with Gasteiger partial charge in [0.15, 0.2) is 0 Å². The summed E-state index contributed by atoms with van der Waals surface area (Å²) in [4.78, 5) is 2.42. The summed E-state index contributed by atoms with van der Waals surface area (Å²) in [5.74, 6) is 0. The highest BCUT2D eigenvalue weighted by Crippen LogP contribution is 2.49. The lowest BCUT2D eigenvalue weighted by Crippen LogP contribution is -2.11. The second kappa shape index (κ2) is 15.5. The van der Waals surface area contributed by atoms with E-state index in [4.69, 9.17) is 4.42 Å². The number of rotatable bonds is 7. The van der Waals surface area contributed by atoms with Gasteiger partial charge in [-0.2, -0.15) is 0 Å². The molecule has 13 rings (SSSR count). The topological polar surface area (TPSA) is 16.4 Å². The molecule has 2 heteroatoms. The zero-order valence-corrected chi connectivity index (χ0v) is 36.0. The zero-order valence-electron chi connectivity index (χ0n) is 36.0. The van der Waals surface area contributed by atoms with Crippen LogP contribution in [0.5, 0.6) is 0 Å². The third kappa shape index (κ3) is 6.18. The average Bonchev–Trinajstić information content (AvgIpc) is 3.78. The minimum absolute atomic E-state index is 0.856. The first kappa shape index (κ1) is 37.8. The summed E-state index contributed by atoms with van der Waals surface area (Å²) in [6.07, 6.45) is 0. The van der Waals surface area contributed by atoms with Crippen molar-refractivity contribution in [2.45, 2.75) is 0 Å². The number of para-hydroxylation sites is 2. The summed E-state index contributed by atoms with van der Waals surface area (Å²) >= 11 is 0. The van der Waals surface area contributed by atoms with Gasteiger partial charge in [0.1, 0.15) is 11.2 Å². The lowest BCUT2D eigenvalue weighted by atomic mass is 9.84. The number of anilines is 3. The van der Waals surface area contributed by atoms with Crippen molar-refractivity contribution in [3.05, 3.63) is 249 Å². The molecule has 308 valence electrons. The second-order valence-corrected chi connectivity index (χ2v) is 17.2. The Morgan fingerprint density at radius 1 is 0.273 bits per heavy atom. The lowest BCUT2D eigenvalue weighted by molar-refractivity contribution is 0.669. The SMILES string of the molecule is c1ccc(-c2c(-c3ccccc3)c3cc(-c4ccccc4N(c4ccc(-c5ccc6c(ccc7ccccc76)c5)cc4)c4cccc5oc6ccccc6c45)ccc3c3ccccc23)cc1. The smallest absolute Gasteiger partial charge is 0.137 e. The molecule has 0 spiro atoms. The summed E-state index contributed by atoms with van der Waals surface area (Å²) in [6.45, 7) is 0. The van der Waals surface area contributed by atoms with Crippen molar-refractivity contribution in [2.24, 2.45) is 0 Å². The highest BCUT2D eigenvalue weighted by Gasteiger charge is 2.24. The molecule has 0 aliphatic rings. The molecule has 13 aromatic rings. The Labute approximate surface area is 382 Å². The van der Waals surface area contributed by atoms with Crippen molar-refractivity contribution in [1.82, 2.24) is 0 Å². The minimum atomic E-state index is 0.856. The second-order valence-electron chi connectivity index (χ2n) is 17.2. The molecule has 0 saturated heterocycles. The van der Waals surface area contributed by atoms with Crippen molar-refractivity contribution in [3.63, 3.8) is 0 Å². The molecule has 2 nitrogen and oxygen atoms in total. The van der Waals surface area contributed by atoms with Gasteiger partial charge in [0.25, 0.3) is 0 Å². The molecule has 0 radical (unpaired) electrons. The Bertz CT molecular complexity index is 3980. The van der Waals surface area contributed by atoms with E-state index in [1.165, 1.54) is 76.5 Å². The van der Waals surface area contributed by atoms with E-state index in [9.17, 15) is 0 Å². The van der Waals surface area contributed by atoms with Crippen molar-refractivity contribution >= 4 is 82.1 Å². The van der Waals surface area contributed by atoms with E-state index in [1.807, 2.05) is 6.07 Å². The van der Waals surface area contributed by atoms with E-state index in [1.54, 1.807) is 0 Å². The Kier molecular flexibility index (Phi) is 8.89. The van der Waals surface area contributed by atoms with Gasteiger partial charge in [0.2, 0.25) is 0 Å². The average molecular weight is 840 g/mol. The first-order valence-corrected chi connectivity index (χ1v) is 22.7. The molecule has 0 aliphatic heterocycles. The van der Waals surface area contributed by atoms with Crippen LogP contribution in [-0.2, 0) is 0 Å². The van der Waals surface area contributed by atoms with Gasteiger partial charge >= 0.3 is 0 Å². The molecule has 1 heterocycles. The molecule has 0 amide bonds. The molecule has 0 unspecified atom stereocenters. The maximum absolute atomic E-state index is 6.53. The van der Waals surface area contributed by atoms with Gasteiger partial charge in [-0.05, 0) is 131 Å². The molecule has 1 aromatic heterocycles. The molecule has 0 bridgehead atoms. The van der Waals surface area contributed by atoms with Gasteiger partial charge in [-0.25, -0.2) is 0 Å². The maximum Gasteiger partial charge on any atom is 0.137 e. The highest BCUT2D eigenvalue weighted by atomic mass is 16.3. The quantitative estimate of drug-likeness (QED) is 0.149. The van der Waals surface area contributed by atoms with Crippen LogP contribution in [0.25, 0.3) is 110 Å². The molecule has 0 fully saturated rings. The first-order valence-electron chi connectivity index (χ1n) is 22.7. The van der Waals surface area contributed by atoms with Crippen LogP contribution in [0.3, 0.4) is 0 Å². The van der Waals surface area contributed by atoms with Crippen LogP contribution < -0.4 is 4.90 Å². The van der Waals surface area contributed by atoms with Crippen molar-refractivity contribution < 1.29 is 4.42 Å². The van der Waals surface area contributed by atoms with E-state index >= 15 is 0 Å². The summed E-state index contributed by atoms with van der Waals surface area (Å²) < 4.78 is 6.53. The number of hydrogen-bond acceptors (Lipinski definition) is 2. The van der Waals surface area contributed by atoms with Gasteiger partial charge in [0.05, 0.1) is 16.8 Å². The summed E-state index contributed by atoms with van der Waals surface area (Å²) in [5, 5.41) is 12.1. The first-order chi connectivity index (χ1) is 32.7. The molecule has 0 N–H and O–H groups in total. The number of nitrogens with zero attached hydrogens (tertiary/aromatic N) is 1. The monoisotopic (exact) mass is 839 g/mol. The fourth-order valence-corrected chi connectivity index (χ4v) is 10.4. The van der Waals surface area contributed by atoms with Crippen LogP contribution in [0.4, 0.5) is 17.1 Å². The van der Waals surface area contributed by atoms with Crippen LogP contribution in [0.2, 0.25) is 0 Å². The van der Waals surface area contributed by atoms with E-state index in [0.717, 1.165) is 50.1 Å². The molecule has 0 saturated carbocycles. The fourth-order valence-electron chi connectivity index (χ4n) is 10.4. The summed E-state index contributed by atoms with van der Waals surface area (Å²) in [7, 11) is 0. The van der Waals surface area contributed by atoms with E-state index in [2.05, 4.69) is 248 Å². The standard InChI is InChI=1S/C64H41NO/c1-3-17-44(18-4-1)62-55-24-10-9-23-53(55)54-39-35-48(41-57(54)63(62)45-19-5-2-6-20-45)52-22-11-13-26-58(52)65(59-27-15-29-61-64(59)56-25-12-14-28-60(56)66-61)49-36-32-42(33-37-49)46-34-38-51-47(40-46)31-30-43-16-7-8-21-50(43)51/h1-41H. The van der Waals surface area contributed by atoms with Gasteiger partial charge in [-0.15, -0.1) is 0 Å². The molecule has 66 heavy (non-hydrogen) atoms. The van der Waals surface area contributed by atoms with Crippen LogP contribution in [0.1, 0.15) is 0 Å². The third-order valence-electron chi connectivity index (χ3n) is 13.4. The van der Waals surface area contributed by atoms with E-state index < -0.39 is 0 Å². The molecule has 12 aromatic carbocycles. The van der Waals surface area contributed by atoms with Crippen molar-refractivity contribution in [3.8, 4) is 44.5 Å². The van der Waals surface area contributed by atoms with Crippen molar-refractivity contribution in [1.29, 1.82) is 0 Å². The van der Waals surface area contributed by atoms with Crippen LogP contribution >= 0.6 is 0 Å². The Balaban J connectivity index is 1.03. The van der Waals surface area contributed by atoms with Crippen LogP contribution in [0, 0.1) is 0 Å². The molecular weight excluding hydrogens is 799 g/mol. The van der Waals surface area contributed by atoms with Gasteiger partial charge in [0, 0.05) is 16.6 Å². The van der Waals surface area contributed by atoms with Crippen molar-refractivity contribution in [2.75, 3.05) is 4.90 Å². The third-order valence-corrected chi connectivity index (χ3v) is 13.4. The normalized spacial score (nSPS) is 11.6. The number of furan rings is 1. The molecule has 0 atom stereocenters. The predicted octanol–water partition coefficient (Wildman–Crippen LogP) is 18.3. The summed E-state index contributed by atoms with van der Waals surface area (Å²) in [5.41, 5.74) is 14.4. The number of benzene rings is 12. The number of fused-ring (bicyclic) bond motifs is 9. The number of hydrogen-bond donors (Lipinski definition) is 0. The molecule has 0 aliphatic carbocycles. The Hall–Kier alpha value is -8.72. The van der Waals surface area contributed by atoms with Crippen LogP contribution in [0.15, 0.2) is 253 Å². The maximum atomic E-state index is 6.53. The lowest BCUT2D eigenvalue weighted by Gasteiger charge is -2.29. The predicted molar refractivity (Wildman–Crippen MR) is 280 cm³/mol. The Morgan fingerprint density at radius 3 is 1.62 bits per heavy atom. The largest absolute Gasteiger partial charge is 0.456 e. The van der Waals surface area contributed by atoms with E-state index in [-0.39, 0.29) is 0 Å². The van der Waals surface area contributed by atoms with Gasteiger partial charge in [-0.1, -0.05) is 200 Å². The highest BCUT2D eigenvalue weighted by molar-refractivity contribution is 6.22. The minimum Gasteiger partial charge on any atom is -0.456 e. The zero-order chi connectivity index (χ0) is 43.6. The molecular formula is C64H41NO.